The Morgan fingerprint density at radius 1 is 1.17 bits per heavy atom. The topological polar surface area (TPSA) is 34.4 Å². The molecule has 0 unspecified atom stereocenters. The van der Waals surface area contributed by atoms with Gasteiger partial charge in [-0.05, 0) is 35.2 Å². The number of halogens is 3. The monoisotopic (exact) mass is 348 g/mol. The Bertz CT molecular complexity index is 941. The molecule has 3 nitrogen and oxygen atoms in total. The number of rotatable bonds is 2. The molecule has 124 valence electrons. The van der Waals surface area contributed by atoms with Crippen LogP contribution < -0.4 is 0 Å². The smallest absolute Gasteiger partial charge is 0.168 e. The van der Waals surface area contributed by atoms with E-state index in [0.717, 1.165) is 0 Å². The van der Waals surface area contributed by atoms with E-state index >= 15 is 0 Å². The number of carbonyl (C=O) groups excluding carboxylic acids is 1. The average Bonchev–Trinajstić information content (AvgIpc) is 2.89. The lowest BCUT2D eigenvalue weighted by atomic mass is 9.88. The lowest BCUT2D eigenvalue weighted by Gasteiger charge is -2.21. The number of carbonyl (C=O) groups is 1. The summed E-state index contributed by atoms with van der Waals surface area (Å²) in [6.45, 7) is 5.72. The van der Waals surface area contributed by atoms with Crippen molar-refractivity contribution in [2.45, 2.75) is 26.2 Å². The molecule has 2 heterocycles. The number of nitrogens with zero attached hydrogens (tertiary/aromatic N) is 2. The van der Waals surface area contributed by atoms with Crippen molar-refractivity contribution in [2.75, 3.05) is 0 Å². The van der Waals surface area contributed by atoms with Gasteiger partial charge in [0.15, 0.2) is 12.1 Å². The summed E-state index contributed by atoms with van der Waals surface area (Å²) in [5.41, 5.74) is 1.10. The summed E-state index contributed by atoms with van der Waals surface area (Å²) >= 11 is 6.18. The molecule has 0 aliphatic heterocycles. The predicted molar refractivity (Wildman–Crippen MR) is 89.6 cm³/mol. The highest BCUT2D eigenvalue weighted by Crippen LogP contribution is 2.35. The zero-order valence-electron chi connectivity index (χ0n) is 13.4. The minimum atomic E-state index is -0.688. The van der Waals surface area contributed by atoms with Gasteiger partial charge < -0.3 is 0 Å². The van der Waals surface area contributed by atoms with Crippen LogP contribution in [0.25, 0.3) is 16.8 Å². The third-order valence-electron chi connectivity index (χ3n) is 3.88. The van der Waals surface area contributed by atoms with Gasteiger partial charge in [0.1, 0.15) is 17.0 Å². The molecule has 3 aromatic rings. The third-order valence-corrected chi connectivity index (χ3v) is 4.25. The van der Waals surface area contributed by atoms with Gasteiger partial charge in [-0.25, -0.2) is 13.3 Å². The zero-order valence-corrected chi connectivity index (χ0v) is 14.2. The van der Waals surface area contributed by atoms with Crippen LogP contribution in [0.2, 0.25) is 5.02 Å². The Hall–Kier alpha value is -2.27. The second-order valence-corrected chi connectivity index (χ2v) is 6.98. The second-order valence-electron chi connectivity index (χ2n) is 6.60. The van der Waals surface area contributed by atoms with Crippen molar-refractivity contribution in [1.82, 2.24) is 9.61 Å². The molecule has 0 radical (unpaired) electrons. The van der Waals surface area contributed by atoms with Crippen molar-refractivity contribution in [3.05, 3.63) is 58.2 Å². The zero-order chi connectivity index (χ0) is 17.6. The van der Waals surface area contributed by atoms with Gasteiger partial charge in [-0.2, -0.15) is 5.10 Å². The fourth-order valence-electron chi connectivity index (χ4n) is 2.62. The third kappa shape index (κ3) is 2.59. The van der Waals surface area contributed by atoms with Crippen LogP contribution in [0.3, 0.4) is 0 Å². The predicted octanol–water partition coefficient (Wildman–Crippen LogP) is 5.04. The van der Waals surface area contributed by atoms with Crippen LogP contribution >= 0.6 is 11.6 Å². The van der Waals surface area contributed by atoms with E-state index in [4.69, 9.17) is 11.6 Å². The second kappa shape index (κ2) is 5.67. The maximum Gasteiger partial charge on any atom is 0.168 e. The van der Waals surface area contributed by atoms with E-state index in [0.29, 0.717) is 17.4 Å². The maximum absolute atomic E-state index is 14.8. The Morgan fingerprint density at radius 3 is 2.33 bits per heavy atom. The molecule has 0 N–H and O–H groups in total. The first-order valence-electron chi connectivity index (χ1n) is 7.36. The molecule has 0 amide bonds. The summed E-state index contributed by atoms with van der Waals surface area (Å²) in [5, 5.41) is 4.30. The highest BCUT2D eigenvalue weighted by Gasteiger charge is 2.26. The summed E-state index contributed by atoms with van der Waals surface area (Å²) in [6.07, 6.45) is 2.16. The molecule has 6 heteroatoms. The molecule has 0 spiro atoms. The van der Waals surface area contributed by atoms with Crippen molar-refractivity contribution < 1.29 is 13.6 Å². The molecule has 3 rings (SSSR count). The van der Waals surface area contributed by atoms with Crippen molar-refractivity contribution in [3.63, 3.8) is 0 Å². The van der Waals surface area contributed by atoms with Crippen LogP contribution in [0.1, 0.15) is 36.7 Å². The van der Waals surface area contributed by atoms with Gasteiger partial charge in [0.25, 0.3) is 0 Å². The summed E-state index contributed by atoms with van der Waals surface area (Å²) in [7, 11) is 0. The first kappa shape index (κ1) is 16.6. The van der Waals surface area contributed by atoms with Gasteiger partial charge in [0, 0.05) is 11.8 Å². The van der Waals surface area contributed by atoms with Crippen molar-refractivity contribution in [1.29, 1.82) is 0 Å². The highest BCUT2D eigenvalue weighted by atomic mass is 35.5. The Morgan fingerprint density at radius 2 is 1.79 bits per heavy atom. The molecule has 0 aliphatic rings. The SMILES string of the molecule is CC(C)(C)c1cn2nc(-c3ccc(F)cc3)c(C=O)c2c(F)c1Cl. The number of hydrogen-bond acceptors (Lipinski definition) is 2. The molecule has 0 saturated heterocycles. The number of hydrogen-bond donors (Lipinski definition) is 0. The van der Waals surface area contributed by atoms with Crippen LogP contribution in [0.4, 0.5) is 8.78 Å². The number of benzene rings is 1. The molecule has 1 aromatic carbocycles. The quantitative estimate of drug-likeness (QED) is 0.608. The number of aldehydes is 1. The van der Waals surface area contributed by atoms with Crippen LogP contribution in [-0.2, 0) is 5.41 Å². The Labute approximate surface area is 142 Å². The molecule has 0 aliphatic carbocycles. The van der Waals surface area contributed by atoms with E-state index in [1.54, 1.807) is 6.20 Å². The Kier molecular flexibility index (Phi) is 3.92. The van der Waals surface area contributed by atoms with E-state index < -0.39 is 17.0 Å². The van der Waals surface area contributed by atoms with E-state index in [-0.39, 0.29) is 21.8 Å². The molecular formula is C18H15ClF2N2O. The first-order valence-corrected chi connectivity index (χ1v) is 7.73. The molecular weight excluding hydrogens is 334 g/mol. The minimum Gasteiger partial charge on any atom is -0.298 e. The van der Waals surface area contributed by atoms with Crippen LogP contribution in [0, 0.1) is 11.6 Å². The largest absolute Gasteiger partial charge is 0.298 e. The van der Waals surface area contributed by atoms with Crippen molar-refractivity contribution in [3.8, 4) is 11.3 Å². The van der Waals surface area contributed by atoms with E-state index in [9.17, 15) is 13.6 Å². The molecule has 0 fully saturated rings. The fraction of sp³-hybridized carbons (Fsp3) is 0.222. The lowest BCUT2D eigenvalue weighted by molar-refractivity contribution is 0.112. The Balaban J connectivity index is 2.36. The molecule has 0 bridgehead atoms. The number of pyridine rings is 1. The van der Waals surface area contributed by atoms with Gasteiger partial charge in [-0.3, -0.25) is 4.79 Å². The van der Waals surface area contributed by atoms with Gasteiger partial charge >= 0.3 is 0 Å². The number of aromatic nitrogens is 2. The van der Waals surface area contributed by atoms with Gasteiger partial charge in [0.05, 0.1) is 10.6 Å². The molecule has 24 heavy (non-hydrogen) atoms. The van der Waals surface area contributed by atoms with E-state index in [2.05, 4.69) is 5.10 Å². The normalized spacial score (nSPS) is 11.9. The minimum absolute atomic E-state index is 0.0160. The standard InChI is InChI=1S/C18H15ClF2N2O/c1-18(2,3)13-8-23-17(15(21)14(13)19)12(9-24)16(22-23)10-4-6-11(20)7-5-10/h4-9H,1-3H3. The highest BCUT2D eigenvalue weighted by molar-refractivity contribution is 6.32. The summed E-state index contributed by atoms with van der Waals surface area (Å²) in [5.74, 6) is -1.09. The first-order chi connectivity index (χ1) is 11.2. The van der Waals surface area contributed by atoms with Gasteiger partial charge in [-0.15, -0.1) is 0 Å². The van der Waals surface area contributed by atoms with E-state index in [1.807, 2.05) is 20.8 Å². The maximum atomic E-state index is 14.8. The van der Waals surface area contributed by atoms with Crippen LogP contribution in [0.15, 0.2) is 30.5 Å². The molecule has 0 saturated carbocycles. The van der Waals surface area contributed by atoms with Crippen molar-refractivity contribution in [2.24, 2.45) is 0 Å². The van der Waals surface area contributed by atoms with Gasteiger partial charge in [-0.1, -0.05) is 32.4 Å². The summed E-state index contributed by atoms with van der Waals surface area (Å²) in [6, 6.07) is 5.51. The lowest BCUT2D eigenvalue weighted by Crippen LogP contribution is -2.14. The summed E-state index contributed by atoms with van der Waals surface area (Å²) < 4.78 is 29.3. The van der Waals surface area contributed by atoms with Crippen molar-refractivity contribution >= 4 is 23.4 Å². The molecule has 0 atom stereocenters. The van der Waals surface area contributed by atoms with Crippen LogP contribution in [0.5, 0.6) is 0 Å². The van der Waals surface area contributed by atoms with Gasteiger partial charge in [0.2, 0.25) is 0 Å². The number of fused-ring (bicyclic) bond motifs is 1. The van der Waals surface area contributed by atoms with E-state index in [1.165, 1.54) is 28.8 Å². The summed E-state index contributed by atoms with van der Waals surface area (Å²) in [4.78, 5) is 11.6. The fourth-order valence-corrected chi connectivity index (χ4v) is 3.04. The molecule has 2 aromatic heterocycles. The van der Waals surface area contributed by atoms with Crippen LogP contribution in [-0.4, -0.2) is 15.9 Å². The average molecular weight is 349 g/mol.